The van der Waals surface area contributed by atoms with Gasteiger partial charge >= 0.3 is 6.18 Å². The number of carboxylic acids is 1. The van der Waals surface area contributed by atoms with Crippen LogP contribution in [0.4, 0.5) is 19.0 Å². The maximum absolute atomic E-state index is 13.2. The number of carbonyl (C=O) groups is 1. The summed E-state index contributed by atoms with van der Waals surface area (Å²) < 4.78 is 45.2. The highest BCUT2D eigenvalue weighted by atomic mass is 19.4. The van der Waals surface area contributed by atoms with E-state index < -0.39 is 29.9 Å². The molecule has 0 bridgehead atoms. The van der Waals surface area contributed by atoms with Crippen LogP contribution in [0, 0.1) is 0 Å². The van der Waals surface area contributed by atoms with Crippen LogP contribution in [0.15, 0.2) is 28.9 Å². The first-order valence-electron chi connectivity index (χ1n) is 6.04. The van der Waals surface area contributed by atoms with Crippen LogP contribution in [0.25, 0.3) is 0 Å². The number of carbonyl (C=O) groups excluding carboxylic acids is 1. The van der Waals surface area contributed by atoms with Crippen molar-refractivity contribution >= 4 is 11.8 Å². The van der Waals surface area contributed by atoms with Crippen molar-refractivity contribution < 1.29 is 27.5 Å². The second-order valence-corrected chi connectivity index (χ2v) is 4.65. The summed E-state index contributed by atoms with van der Waals surface area (Å²) in [6.07, 6.45) is -3.55. The molecular formula is C12H9F3N3O3-. The quantitative estimate of drug-likeness (QED) is 0.908. The number of hydrogen-bond donors (Lipinski definition) is 1. The molecule has 0 spiro atoms. The van der Waals surface area contributed by atoms with E-state index in [1.54, 1.807) is 12.1 Å². The maximum Gasteiger partial charge on any atom is 0.410 e. The first-order chi connectivity index (χ1) is 9.86. The van der Waals surface area contributed by atoms with E-state index in [4.69, 9.17) is 4.42 Å². The number of anilines is 1. The number of hydrogen-bond acceptors (Lipinski definition) is 5. The Morgan fingerprint density at radius 1 is 1.52 bits per heavy atom. The maximum atomic E-state index is 13.2. The van der Waals surface area contributed by atoms with E-state index >= 15 is 0 Å². The van der Waals surface area contributed by atoms with Gasteiger partial charge in [-0.3, -0.25) is 0 Å². The first-order valence-corrected chi connectivity index (χ1v) is 6.04. The minimum Gasteiger partial charge on any atom is -0.543 e. The lowest BCUT2D eigenvalue weighted by molar-refractivity contribution is -0.255. The molecule has 1 N–H and O–H groups in total. The van der Waals surface area contributed by atoms with E-state index in [-0.39, 0.29) is 12.2 Å². The number of carboxylic acid groups (broad SMARTS) is 1. The summed E-state index contributed by atoms with van der Waals surface area (Å²) in [5, 5.41) is 17.0. The number of aromatic nitrogens is 2. The number of fused-ring (bicyclic) bond motifs is 1. The van der Waals surface area contributed by atoms with Crippen LogP contribution >= 0.6 is 0 Å². The number of nitrogens with zero attached hydrogens (tertiary/aromatic N) is 2. The standard InChI is InChI=1S/C12H10F3N3O3/c13-12(14,15)9-4-6(8-2-1-3-21-8)16-10-5-7(11(19)20)17-18(9)10/h1-3,5-6,9,16H,4H2,(H,19,20)/p-1/t6-,9-/m1/s1. The zero-order chi connectivity index (χ0) is 15.2. The normalized spacial score (nSPS) is 21.7. The third kappa shape index (κ3) is 2.34. The fraction of sp³-hybridized carbons (Fsp3) is 0.333. The molecule has 6 nitrogen and oxygen atoms in total. The van der Waals surface area contributed by atoms with Gasteiger partial charge in [0.1, 0.15) is 17.3 Å². The molecule has 0 amide bonds. The molecule has 3 rings (SSSR count). The smallest absolute Gasteiger partial charge is 0.410 e. The zero-order valence-corrected chi connectivity index (χ0v) is 10.4. The summed E-state index contributed by atoms with van der Waals surface area (Å²) >= 11 is 0. The van der Waals surface area contributed by atoms with E-state index in [0.29, 0.717) is 10.4 Å². The number of furan rings is 1. The van der Waals surface area contributed by atoms with Gasteiger partial charge in [-0.25, -0.2) is 4.68 Å². The highest BCUT2D eigenvalue weighted by Crippen LogP contribution is 2.43. The number of halogens is 3. The van der Waals surface area contributed by atoms with Gasteiger partial charge in [0.05, 0.1) is 18.3 Å². The lowest BCUT2D eigenvalue weighted by Gasteiger charge is -2.32. The Bertz CT molecular complexity index is 663. The molecule has 2 atom stereocenters. The van der Waals surface area contributed by atoms with Crippen LogP contribution in [0.3, 0.4) is 0 Å². The lowest BCUT2D eigenvalue weighted by Crippen LogP contribution is -2.35. The van der Waals surface area contributed by atoms with Crippen LogP contribution in [-0.4, -0.2) is 21.9 Å². The van der Waals surface area contributed by atoms with Crippen LogP contribution < -0.4 is 10.4 Å². The Hall–Kier alpha value is -2.45. The molecule has 2 aromatic heterocycles. The SMILES string of the molecule is O=C([O-])c1cc2n(n1)[C@@H](C(F)(F)F)C[C@H](c1ccco1)N2. The van der Waals surface area contributed by atoms with Gasteiger partial charge in [0.25, 0.3) is 0 Å². The summed E-state index contributed by atoms with van der Waals surface area (Å²) in [7, 11) is 0. The molecule has 1 aliphatic heterocycles. The van der Waals surface area contributed by atoms with Gasteiger partial charge in [-0.2, -0.15) is 18.3 Å². The molecule has 0 unspecified atom stereocenters. The highest BCUT2D eigenvalue weighted by Gasteiger charge is 2.47. The van der Waals surface area contributed by atoms with E-state index in [1.807, 2.05) is 0 Å². The predicted octanol–water partition coefficient (Wildman–Crippen LogP) is 1.50. The van der Waals surface area contributed by atoms with Gasteiger partial charge < -0.3 is 19.6 Å². The first kappa shape index (κ1) is 13.5. The Morgan fingerprint density at radius 3 is 2.86 bits per heavy atom. The molecule has 21 heavy (non-hydrogen) atoms. The second kappa shape index (κ2) is 4.54. The van der Waals surface area contributed by atoms with E-state index in [0.717, 1.165) is 6.07 Å². The third-order valence-corrected chi connectivity index (χ3v) is 3.29. The number of nitrogens with one attached hydrogen (secondary N) is 1. The van der Waals surface area contributed by atoms with Crippen LogP contribution in [-0.2, 0) is 0 Å². The fourth-order valence-corrected chi connectivity index (χ4v) is 2.35. The van der Waals surface area contributed by atoms with Crippen molar-refractivity contribution in [3.8, 4) is 0 Å². The third-order valence-electron chi connectivity index (χ3n) is 3.29. The molecule has 9 heteroatoms. The van der Waals surface area contributed by atoms with Gasteiger partial charge in [-0.05, 0) is 12.1 Å². The fourth-order valence-electron chi connectivity index (χ4n) is 2.35. The Labute approximate surface area is 116 Å². The number of aromatic carboxylic acids is 1. The van der Waals surface area contributed by atoms with Crippen LogP contribution in [0.2, 0.25) is 0 Å². The second-order valence-electron chi connectivity index (χ2n) is 4.65. The number of rotatable bonds is 2. The molecular weight excluding hydrogens is 291 g/mol. The zero-order valence-electron chi connectivity index (χ0n) is 10.4. The van der Waals surface area contributed by atoms with Crippen molar-refractivity contribution in [2.45, 2.75) is 24.7 Å². The Morgan fingerprint density at radius 2 is 2.29 bits per heavy atom. The minimum absolute atomic E-state index is 0.0378. The van der Waals surface area contributed by atoms with Gasteiger partial charge in [-0.15, -0.1) is 0 Å². The monoisotopic (exact) mass is 300 g/mol. The average Bonchev–Trinajstić information content (AvgIpc) is 3.05. The Balaban J connectivity index is 2.03. The highest BCUT2D eigenvalue weighted by molar-refractivity contribution is 5.84. The van der Waals surface area contributed by atoms with Gasteiger partial charge in [0.15, 0.2) is 6.04 Å². The van der Waals surface area contributed by atoms with Crippen LogP contribution in [0.1, 0.15) is 34.8 Å². The minimum atomic E-state index is -4.56. The van der Waals surface area contributed by atoms with E-state index in [9.17, 15) is 23.1 Å². The molecule has 0 aliphatic carbocycles. The summed E-state index contributed by atoms with van der Waals surface area (Å²) in [6, 6.07) is 1.49. The molecule has 2 aromatic rings. The predicted molar refractivity (Wildman–Crippen MR) is 61.3 cm³/mol. The van der Waals surface area contributed by atoms with Gasteiger partial charge in [0.2, 0.25) is 0 Å². The summed E-state index contributed by atoms with van der Waals surface area (Å²) in [4.78, 5) is 10.8. The van der Waals surface area contributed by atoms with Crippen molar-refractivity contribution in [2.75, 3.05) is 5.32 Å². The summed E-state index contributed by atoms with van der Waals surface area (Å²) in [5.74, 6) is -1.33. The summed E-state index contributed by atoms with van der Waals surface area (Å²) in [6.45, 7) is 0. The molecule has 3 heterocycles. The van der Waals surface area contributed by atoms with Crippen molar-refractivity contribution in [3.63, 3.8) is 0 Å². The van der Waals surface area contributed by atoms with Crippen molar-refractivity contribution in [2.24, 2.45) is 0 Å². The molecule has 112 valence electrons. The van der Waals surface area contributed by atoms with E-state index in [2.05, 4.69) is 10.4 Å². The van der Waals surface area contributed by atoms with E-state index in [1.165, 1.54) is 6.26 Å². The van der Waals surface area contributed by atoms with Crippen LogP contribution in [0.5, 0.6) is 0 Å². The number of alkyl halides is 3. The topological polar surface area (TPSA) is 83.1 Å². The van der Waals surface area contributed by atoms with Crippen molar-refractivity contribution in [1.29, 1.82) is 0 Å². The lowest BCUT2D eigenvalue weighted by atomic mass is 10.0. The molecule has 0 radical (unpaired) electrons. The van der Waals surface area contributed by atoms with Gasteiger partial charge in [0, 0.05) is 12.5 Å². The Kier molecular flexibility index (Phi) is 2.92. The average molecular weight is 300 g/mol. The molecule has 0 aromatic carbocycles. The van der Waals surface area contributed by atoms with Crippen molar-refractivity contribution in [1.82, 2.24) is 9.78 Å². The molecule has 0 fully saturated rings. The summed E-state index contributed by atoms with van der Waals surface area (Å²) in [5.41, 5.74) is -0.549. The van der Waals surface area contributed by atoms with Crippen molar-refractivity contribution in [3.05, 3.63) is 35.9 Å². The largest absolute Gasteiger partial charge is 0.543 e. The molecule has 0 saturated heterocycles. The van der Waals surface area contributed by atoms with Gasteiger partial charge in [-0.1, -0.05) is 0 Å². The molecule has 1 aliphatic rings. The molecule has 0 saturated carbocycles.